The number of hydrogen-bond donors (Lipinski definition) is 1. The molecule has 0 saturated carbocycles. The van der Waals surface area contributed by atoms with Gasteiger partial charge in [0.15, 0.2) is 0 Å². The molecule has 1 aromatic carbocycles. The second-order valence-electron chi connectivity index (χ2n) is 4.62. The second kappa shape index (κ2) is 6.33. The van der Waals surface area contributed by atoms with Crippen molar-refractivity contribution in [2.75, 3.05) is 6.61 Å². The Labute approximate surface area is 113 Å². The van der Waals surface area contributed by atoms with Crippen LogP contribution in [0.5, 0.6) is 5.75 Å². The van der Waals surface area contributed by atoms with Crippen molar-refractivity contribution in [3.63, 3.8) is 0 Å². The van der Waals surface area contributed by atoms with E-state index in [0.29, 0.717) is 6.42 Å². The van der Waals surface area contributed by atoms with Gasteiger partial charge in [0.1, 0.15) is 5.75 Å². The number of nitrogens with zero attached hydrogens (tertiary/aromatic N) is 3. The zero-order valence-electron chi connectivity index (χ0n) is 11.4. The van der Waals surface area contributed by atoms with Gasteiger partial charge >= 0.3 is 0 Å². The molecule has 1 unspecified atom stereocenters. The number of hydrogen-bond acceptors (Lipinski definition) is 4. The van der Waals surface area contributed by atoms with E-state index in [-0.39, 0.29) is 6.04 Å². The van der Waals surface area contributed by atoms with Gasteiger partial charge < -0.3 is 10.5 Å². The normalized spacial score (nSPS) is 12.4. The van der Waals surface area contributed by atoms with E-state index in [1.807, 2.05) is 37.5 Å². The maximum Gasteiger partial charge on any atom is 0.119 e. The summed E-state index contributed by atoms with van der Waals surface area (Å²) >= 11 is 0. The van der Waals surface area contributed by atoms with E-state index in [1.54, 1.807) is 4.68 Å². The van der Waals surface area contributed by atoms with E-state index in [0.717, 1.165) is 30.0 Å². The number of aromatic nitrogens is 3. The molecule has 0 amide bonds. The van der Waals surface area contributed by atoms with Crippen LogP contribution >= 0.6 is 0 Å². The molecule has 1 atom stereocenters. The van der Waals surface area contributed by atoms with Crippen molar-refractivity contribution in [1.29, 1.82) is 0 Å². The summed E-state index contributed by atoms with van der Waals surface area (Å²) in [5, 5.41) is 7.96. The molecule has 0 fully saturated rings. The van der Waals surface area contributed by atoms with Crippen LogP contribution in [0.15, 0.2) is 30.5 Å². The molecule has 2 aromatic rings. The maximum absolute atomic E-state index is 6.20. The summed E-state index contributed by atoms with van der Waals surface area (Å²) in [6, 6.07) is 7.84. The highest BCUT2D eigenvalue weighted by atomic mass is 16.5. The van der Waals surface area contributed by atoms with E-state index >= 15 is 0 Å². The minimum atomic E-state index is -0.0955. The molecule has 0 bridgehead atoms. The lowest BCUT2D eigenvalue weighted by atomic mass is 10.0. The predicted molar refractivity (Wildman–Crippen MR) is 73.9 cm³/mol. The fourth-order valence-corrected chi connectivity index (χ4v) is 1.89. The lowest BCUT2D eigenvalue weighted by molar-refractivity contribution is 0.317. The quantitative estimate of drug-likeness (QED) is 0.860. The number of benzene rings is 1. The Morgan fingerprint density at radius 2 is 2.26 bits per heavy atom. The molecule has 5 nitrogen and oxygen atoms in total. The highest BCUT2D eigenvalue weighted by Gasteiger charge is 2.10. The van der Waals surface area contributed by atoms with Crippen LogP contribution in [0.4, 0.5) is 0 Å². The van der Waals surface area contributed by atoms with E-state index < -0.39 is 0 Å². The van der Waals surface area contributed by atoms with Crippen LogP contribution in [-0.2, 0) is 13.5 Å². The van der Waals surface area contributed by atoms with Crippen LogP contribution in [0.3, 0.4) is 0 Å². The molecule has 1 heterocycles. The van der Waals surface area contributed by atoms with E-state index in [4.69, 9.17) is 10.5 Å². The first-order valence-corrected chi connectivity index (χ1v) is 6.52. The first-order chi connectivity index (χ1) is 9.19. The SMILES string of the molecule is CCCOc1cccc(C(N)Cc2cn(C)nn2)c1. The summed E-state index contributed by atoms with van der Waals surface area (Å²) in [7, 11) is 1.85. The van der Waals surface area contributed by atoms with Gasteiger partial charge in [0.25, 0.3) is 0 Å². The number of ether oxygens (including phenoxy) is 1. The Morgan fingerprint density at radius 1 is 1.42 bits per heavy atom. The lowest BCUT2D eigenvalue weighted by Crippen LogP contribution is -2.13. The van der Waals surface area contributed by atoms with Gasteiger partial charge in [-0.25, -0.2) is 0 Å². The molecule has 0 aliphatic rings. The molecule has 0 spiro atoms. The first kappa shape index (κ1) is 13.5. The summed E-state index contributed by atoms with van der Waals surface area (Å²) in [6.07, 6.45) is 3.55. The minimum absolute atomic E-state index is 0.0955. The Bertz CT molecular complexity index is 524. The molecule has 0 aliphatic carbocycles. The molecular formula is C14H20N4O. The summed E-state index contributed by atoms with van der Waals surface area (Å²) in [5.41, 5.74) is 8.15. The number of nitrogens with two attached hydrogens (primary N) is 1. The topological polar surface area (TPSA) is 66.0 Å². The fourth-order valence-electron chi connectivity index (χ4n) is 1.89. The van der Waals surface area contributed by atoms with E-state index in [1.165, 1.54) is 0 Å². The summed E-state index contributed by atoms with van der Waals surface area (Å²) in [6.45, 7) is 2.81. The molecular weight excluding hydrogens is 240 g/mol. The Morgan fingerprint density at radius 3 is 2.95 bits per heavy atom. The monoisotopic (exact) mass is 260 g/mol. The Balaban J connectivity index is 2.03. The van der Waals surface area contributed by atoms with Crippen LogP contribution in [0.2, 0.25) is 0 Å². The maximum atomic E-state index is 6.20. The van der Waals surface area contributed by atoms with Gasteiger partial charge in [-0.2, -0.15) is 0 Å². The van der Waals surface area contributed by atoms with Gasteiger partial charge in [-0.05, 0) is 24.1 Å². The van der Waals surface area contributed by atoms with Gasteiger partial charge in [-0.1, -0.05) is 24.3 Å². The van der Waals surface area contributed by atoms with Crippen molar-refractivity contribution >= 4 is 0 Å². The molecule has 1 aromatic heterocycles. The van der Waals surface area contributed by atoms with Crippen molar-refractivity contribution < 1.29 is 4.74 Å². The van der Waals surface area contributed by atoms with E-state index in [2.05, 4.69) is 17.2 Å². The number of rotatable bonds is 6. The number of aryl methyl sites for hydroxylation is 1. The smallest absolute Gasteiger partial charge is 0.119 e. The van der Waals surface area contributed by atoms with Crippen molar-refractivity contribution in [3.8, 4) is 5.75 Å². The average molecular weight is 260 g/mol. The molecule has 2 rings (SSSR count). The van der Waals surface area contributed by atoms with Gasteiger partial charge in [-0.3, -0.25) is 4.68 Å². The van der Waals surface area contributed by atoms with Crippen molar-refractivity contribution in [3.05, 3.63) is 41.7 Å². The summed E-state index contributed by atoms with van der Waals surface area (Å²) < 4.78 is 7.30. The zero-order chi connectivity index (χ0) is 13.7. The zero-order valence-corrected chi connectivity index (χ0v) is 11.4. The van der Waals surface area contributed by atoms with Crippen LogP contribution in [0, 0.1) is 0 Å². The Kier molecular flexibility index (Phi) is 4.52. The third kappa shape index (κ3) is 3.79. The van der Waals surface area contributed by atoms with Crippen LogP contribution in [-0.4, -0.2) is 21.6 Å². The molecule has 102 valence electrons. The lowest BCUT2D eigenvalue weighted by Gasteiger charge is -2.12. The molecule has 5 heteroatoms. The molecule has 0 radical (unpaired) electrons. The van der Waals surface area contributed by atoms with Gasteiger partial charge in [0, 0.05) is 25.7 Å². The van der Waals surface area contributed by atoms with Crippen LogP contribution in [0.25, 0.3) is 0 Å². The fraction of sp³-hybridized carbons (Fsp3) is 0.429. The van der Waals surface area contributed by atoms with Crippen molar-refractivity contribution in [2.45, 2.75) is 25.8 Å². The van der Waals surface area contributed by atoms with Crippen LogP contribution < -0.4 is 10.5 Å². The highest BCUT2D eigenvalue weighted by Crippen LogP contribution is 2.20. The predicted octanol–water partition coefficient (Wildman–Crippen LogP) is 1.85. The van der Waals surface area contributed by atoms with Gasteiger partial charge in [0.05, 0.1) is 12.3 Å². The summed E-state index contributed by atoms with van der Waals surface area (Å²) in [5.74, 6) is 0.869. The van der Waals surface area contributed by atoms with E-state index in [9.17, 15) is 0 Å². The average Bonchev–Trinajstić information content (AvgIpc) is 2.82. The van der Waals surface area contributed by atoms with Gasteiger partial charge in [-0.15, -0.1) is 5.10 Å². The minimum Gasteiger partial charge on any atom is -0.494 e. The standard InChI is InChI=1S/C14H20N4O/c1-3-7-19-13-6-4-5-11(8-13)14(15)9-12-10-18(2)17-16-12/h4-6,8,10,14H,3,7,9,15H2,1-2H3. The van der Waals surface area contributed by atoms with Crippen molar-refractivity contribution in [2.24, 2.45) is 12.8 Å². The summed E-state index contributed by atoms with van der Waals surface area (Å²) in [4.78, 5) is 0. The second-order valence-corrected chi connectivity index (χ2v) is 4.62. The largest absolute Gasteiger partial charge is 0.494 e. The molecule has 19 heavy (non-hydrogen) atoms. The molecule has 2 N–H and O–H groups in total. The first-order valence-electron chi connectivity index (χ1n) is 6.52. The molecule has 0 saturated heterocycles. The third-order valence-corrected chi connectivity index (χ3v) is 2.84. The molecule has 0 aliphatic heterocycles. The van der Waals surface area contributed by atoms with Crippen molar-refractivity contribution in [1.82, 2.24) is 15.0 Å². The Hall–Kier alpha value is -1.88. The van der Waals surface area contributed by atoms with Gasteiger partial charge in [0.2, 0.25) is 0 Å². The highest BCUT2D eigenvalue weighted by molar-refractivity contribution is 5.31. The van der Waals surface area contributed by atoms with Crippen LogP contribution in [0.1, 0.15) is 30.6 Å². The third-order valence-electron chi connectivity index (χ3n) is 2.84.